The van der Waals surface area contributed by atoms with Crippen LogP contribution in [0.25, 0.3) is 32.8 Å². The number of hydrogen-bond acceptors (Lipinski definition) is 2. The molecule has 1 unspecified atom stereocenters. The van der Waals surface area contributed by atoms with Crippen molar-refractivity contribution in [1.82, 2.24) is 9.38 Å². The number of hydrogen-bond donors (Lipinski definition) is 0. The summed E-state index contributed by atoms with van der Waals surface area (Å²) in [5.41, 5.74) is 6.15. The first kappa shape index (κ1) is 18.3. The van der Waals surface area contributed by atoms with Gasteiger partial charge < -0.3 is 0 Å². The molecule has 0 saturated carbocycles. The topological polar surface area (TPSA) is 34.4 Å². The predicted octanol–water partition coefficient (Wildman–Crippen LogP) is 6.21. The van der Waals surface area contributed by atoms with Gasteiger partial charge in [-0.2, -0.15) is 0 Å². The van der Waals surface area contributed by atoms with Crippen LogP contribution in [0.1, 0.15) is 28.4 Å². The number of allylic oxidation sites excluding steroid dienone is 1. The maximum atomic E-state index is 13.8. The summed E-state index contributed by atoms with van der Waals surface area (Å²) in [6.07, 6.45) is 3.07. The molecule has 6 aromatic rings. The van der Waals surface area contributed by atoms with E-state index in [1.807, 2.05) is 28.7 Å². The second kappa shape index (κ2) is 6.88. The highest BCUT2D eigenvalue weighted by Gasteiger charge is 2.28. The number of imidazole rings is 1. The van der Waals surface area contributed by atoms with Crippen LogP contribution in [-0.4, -0.2) is 9.38 Å². The van der Waals surface area contributed by atoms with E-state index in [9.17, 15) is 4.79 Å². The molecule has 4 aromatic carbocycles. The van der Waals surface area contributed by atoms with Crippen molar-refractivity contribution in [2.45, 2.75) is 12.3 Å². The molecule has 2 heterocycles. The molecular formula is C30H20N2O. The Hall–Kier alpha value is -4.24. The van der Waals surface area contributed by atoms with E-state index >= 15 is 0 Å². The fourth-order valence-corrected chi connectivity index (χ4v) is 5.40. The highest BCUT2D eigenvalue weighted by Crippen LogP contribution is 2.39. The van der Waals surface area contributed by atoms with Crippen LogP contribution in [0.3, 0.4) is 0 Å². The van der Waals surface area contributed by atoms with Crippen LogP contribution in [0.2, 0.25) is 0 Å². The van der Waals surface area contributed by atoms with E-state index in [2.05, 4.69) is 78.9 Å². The Balaban J connectivity index is 1.60. The zero-order valence-corrected chi connectivity index (χ0v) is 17.9. The molecule has 0 aliphatic heterocycles. The lowest BCUT2D eigenvalue weighted by Gasteiger charge is -2.22. The molecule has 3 heteroatoms. The maximum absolute atomic E-state index is 13.8. The Morgan fingerprint density at radius 1 is 0.758 bits per heavy atom. The largest absolute Gasteiger partial charge is 0.268 e. The van der Waals surface area contributed by atoms with Gasteiger partial charge in [-0.15, -0.1) is 0 Å². The first-order valence-electron chi connectivity index (χ1n) is 11.3. The molecule has 7 rings (SSSR count). The normalized spacial score (nSPS) is 15.8. The van der Waals surface area contributed by atoms with E-state index < -0.39 is 0 Å². The molecule has 1 aliphatic carbocycles. The molecule has 0 amide bonds. The van der Waals surface area contributed by atoms with Crippen LogP contribution < -0.4 is 5.56 Å². The van der Waals surface area contributed by atoms with Crippen molar-refractivity contribution >= 4 is 32.8 Å². The summed E-state index contributed by atoms with van der Waals surface area (Å²) in [5.74, 6) is 0.176. The van der Waals surface area contributed by atoms with Crippen LogP contribution in [-0.2, 0) is 6.42 Å². The van der Waals surface area contributed by atoms with Gasteiger partial charge in [0, 0.05) is 34.1 Å². The summed E-state index contributed by atoms with van der Waals surface area (Å²) < 4.78 is 1.87. The van der Waals surface area contributed by atoms with Crippen LogP contribution in [0, 0.1) is 0 Å². The van der Waals surface area contributed by atoms with E-state index in [1.165, 1.54) is 5.56 Å². The minimum Gasteiger partial charge on any atom is -0.268 e. The molecule has 0 bridgehead atoms. The Morgan fingerprint density at radius 3 is 2.21 bits per heavy atom. The quantitative estimate of drug-likeness (QED) is 0.331. The molecule has 0 N–H and O–H groups in total. The van der Waals surface area contributed by atoms with Crippen molar-refractivity contribution in [3.63, 3.8) is 0 Å². The van der Waals surface area contributed by atoms with Crippen molar-refractivity contribution in [2.75, 3.05) is 0 Å². The summed E-state index contributed by atoms with van der Waals surface area (Å²) >= 11 is 0. The standard InChI is InChI=1S/C30H20N2O/c33-30-24-16-8-14-21-13-7-15-23(27(21)24)29-31-28-25(20-11-5-2-6-12-20)17-22(18-26(28)32(29)30)19-9-3-1-4-10-19/h1-17,22H,18H2. The third-order valence-electron chi connectivity index (χ3n) is 6.90. The third kappa shape index (κ3) is 2.63. The Bertz CT molecular complexity index is 1740. The van der Waals surface area contributed by atoms with E-state index in [4.69, 9.17) is 4.98 Å². The van der Waals surface area contributed by atoms with Gasteiger partial charge >= 0.3 is 0 Å². The van der Waals surface area contributed by atoms with Crippen molar-refractivity contribution in [2.24, 2.45) is 0 Å². The molecular weight excluding hydrogens is 404 g/mol. The lowest BCUT2D eigenvalue weighted by Crippen LogP contribution is -2.19. The first-order valence-corrected chi connectivity index (χ1v) is 11.3. The van der Waals surface area contributed by atoms with Crippen LogP contribution in [0.5, 0.6) is 0 Å². The van der Waals surface area contributed by atoms with Crippen molar-refractivity contribution < 1.29 is 0 Å². The molecule has 156 valence electrons. The second-order valence-corrected chi connectivity index (χ2v) is 8.75. The van der Waals surface area contributed by atoms with Crippen molar-refractivity contribution in [1.29, 1.82) is 0 Å². The summed E-state index contributed by atoms with van der Waals surface area (Å²) in [4.78, 5) is 18.9. The number of pyridine rings is 1. The Kier molecular flexibility index (Phi) is 3.82. The maximum Gasteiger partial charge on any atom is 0.264 e. The smallest absolute Gasteiger partial charge is 0.264 e. The van der Waals surface area contributed by atoms with Crippen LogP contribution in [0.4, 0.5) is 0 Å². The number of rotatable bonds is 2. The SMILES string of the molecule is O=c1c2cccc3cccc(c32)c2nc3c(n12)CC(c1ccccc1)C=C3c1ccccc1. The monoisotopic (exact) mass is 424 g/mol. The van der Waals surface area contributed by atoms with E-state index in [0.29, 0.717) is 0 Å². The highest BCUT2D eigenvalue weighted by molar-refractivity contribution is 6.14. The van der Waals surface area contributed by atoms with Gasteiger partial charge in [0.2, 0.25) is 0 Å². The number of benzene rings is 4. The van der Waals surface area contributed by atoms with Gasteiger partial charge in [-0.1, -0.05) is 97.1 Å². The average molecular weight is 425 g/mol. The lowest BCUT2D eigenvalue weighted by atomic mass is 9.84. The van der Waals surface area contributed by atoms with Crippen molar-refractivity contribution in [3.8, 4) is 0 Å². The zero-order valence-electron chi connectivity index (χ0n) is 17.9. The lowest BCUT2D eigenvalue weighted by molar-refractivity contribution is 0.782. The van der Waals surface area contributed by atoms with Gasteiger partial charge in [0.05, 0.1) is 11.4 Å². The first-order chi connectivity index (χ1) is 16.3. The summed E-state index contributed by atoms with van der Waals surface area (Å²) in [5, 5.41) is 3.86. The van der Waals surface area contributed by atoms with E-state index in [-0.39, 0.29) is 11.5 Å². The summed E-state index contributed by atoms with van der Waals surface area (Å²) in [7, 11) is 0. The van der Waals surface area contributed by atoms with Gasteiger partial charge in [0.15, 0.2) is 0 Å². The fraction of sp³-hybridized carbons (Fsp3) is 0.0667. The fourth-order valence-electron chi connectivity index (χ4n) is 5.40. The highest BCUT2D eigenvalue weighted by atomic mass is 16.1. The molecule has 0 fully saturated rings. The van der Waals surface area contributed by atoms with Crippen molar-refractivity contribution in [3.05, 3.63) is 136 Å². The number of nitrogens with zero attached hydrogens (tertiary/aromatic N) is 2. The molecule has 0 saturated heterocycles. The molecule has 0 radical (unpaired) electrons. The van der Waals surface area contributed by atoms with Gasteiger partial charge in [-0.25, -0.2) is 4.98 Å². The van der Waals surface area contributed by atoms with Crippen LogP contribution >= 0.6 is 0 Å². The molecule has 3 nitrogen and oxygen atoms in total. The van der Waals surface area contributed by atoms with E-state index in [0.717, 1.165) is 56.1 Å². The average Bonchev–Trinajstić information content (AvgIpc) is 3.27. The molecule has 1 atom stereocenters. The summed E-state index contributed by atoms with van der Waals surface area (Å²) in [6.45, 7) is 0. The third-order valence-corrected chi connectivity index (χ3v) is 6.90. The molecule has 33 heavy (non-hydrogen) atoms. The van der Waals surface area contributed by atoms with E-state index in [1.54, 1.807) is 0 Å². The zero-order chi connectivity index (χ0) is 21.9. The number of aromatic nitrogens is 2. The Morgan fingerprint density at radius 2 is 1.45 bits per heavy atom. The van der Waals surface area contributed by atoms with Gasteiger partial charge in [0.25, 0.3) is 5.56 Å². The Labute approximate surface area is 190 Å². The van der Waals surface area contributed by atoms with Gasteiger partial charge in [0.1, 0.15) is 5.65 Å². The van der Waals surface area contributed by atoms with Gasteiger partial charge in [-0.05, 0) is 22.6 Å². The minimum absolute atomic E-state index is 0.0178. The molecule has 0 spiro atoms. The second-order valence-electron chi connectivity index (χ2n) is 8.75. The minimum atomic E-state index is 0.0178. The molecule has 2 aromatic heterocycles. The number of fused-ring (bicyclic) bond motifs is 4. The summed E-state index contributed by atoms with van der Waals surface area (Å²) in [6, 6.07) is 33.1. The van der Waals surface area contributed by atoms with Gasteiger partial charge in [-0.3, -0.25) is 9.20 Å². The predicted molar refractivity (Wildman–Crippen MR) is 134 cm³/mol. The molecule has 1 aliphatic rings. The van der Waals surface area contributed by atoms with Crippen LogP contribution in [0.15, 0.2) is 108 Å².